The minimum absolute atomic E-state index is 0.193. The number of nitrogens with zero attached hydrogens (tertiary/aromatic N) is 1. The smallest absolute Gasteiger partial charge is 0.259 e. The van der Waals surface area contributed by atoms with Gasteiger partial charge in [-0.15, -0.1) is 11.3 Å². The largest absolute Gasteiger partial charge is 0.486 e. The van der Waals surface area contributed by atoms with Gasteiger partial charge in [0.1, 0.15) is 12.4 Å². The predicted octanol–water partition coefficient (Wildman–Crippen LogP) is 4.28. The molecular formula is C18H16N2O2S. The Morgan fingerprint density at radius 1 is 1.13 bits per heavy atom. The summed E-state index contributed by atoms with van der Waals surface area (Å²) in [6.45, 7) is 2.30. The second-order valence-corrected chi connectivity index (χ2v) is 6.03. The Kier molecular flexibility index (Phi) is 4.68. The number of carbonyl (C=O) groups excluding carboxylic acids is 1. The molecular weight excluding hydrogens is 308 g/mol. The van der Waals surface area contributed by atoms with E-state index in [1.807, 2.05) is 54.8 Å². The molecule has 0 aliphatic rings. The second-order valence-electron chi connectivity index (χ2n) is 4.96. The number of hydrogen-bond acceptors (Lipinski definition) is 4. The second kappa shape index (κ2) is 7.07. The molecule has 0 atom stereocenters. The molecule has 0 aliphatic carbocycles. The summed E-state index contributed by atoms with van der Waals surface area (Å²) in [6.07, 6.45) is 0. The van der Waals surface area contributed by atoms with Gasteiger partial charge in [-0.2, -0.15) is 0 Å². The molecule has 0 radical (unpaired) electrons. The number of aromatic nitrogens is 1. The van der Waals surface area contributed by atoms with E-state index >= 15 is 0 Å². The number of carbonyl (C=O) groups is 1. The standard InChI is InChI=1S/C18H16N2O2S/c1-13-19-15(12-23-13)11-22-17-10-6-5-9-16(17)18(21)20-14-7-3-2-4-8-14/h2-10,12H,11H2,1H3,(H,20,21). The van der Waals surface area contributed by atoms with Gasteiger partial charge in [-0.05, 0) is 31.2 Å². The summed E-state index contributed by atoms with van der Waals surface area (Å²) in [5.41, 5.74) is 2.12. The van der Waals surface area contributed by atoms with Gasteiger partial charge in [-0.25, -0.2) is 4.98 Å². The van der Waals surface area contributed by atoms with Crippen molar-refractivity contribution >= 4 is 22.9 Å². The van der Waals surface area contributed by atoms with Crippen molar-refractivity contribution in [3.05, 3.63) is 76.2 Å². The van der Waals surface area contributed by atoms with E-state index in [9.17, 15) is 4.79 Å². The Morgan fingerprint density at radius 3 is 2.61 bits per heavy atom. The van der Waals surface area contributed by atoms with E-state index in [1.54, 1.807) is 23.5 Å². The zero-order chi connectivity index (χ0) is 16.1. The molecule has 3 aromatic rings. The molecule has 0 aliphatic heterocycles. The molecule has 3 rings (SSSR count). The monoisotopic (exact) mass is 324 g/mol. The van der Waals surface area contributed by atoms with Crippen LogP contribution in [0, 0.1) is 6.92 Å². The van der Waals surface area contributed by atoms with Crippen LogP contribution in [0.5, 0.6) is 5.75 Å². The Morgan fingerprint density at radius 2 is 1.87 bits per heavy atom. The number of rotatable bonds is 5. The molecule has 1 amide bonds. The molecule has 0 spiro atoms. The summed E-state index contributed by atoms with van der Waals surface area (Å²) in [5.74, 6) is 0.354. The third-order valence-corrected chi connectivity index (χ3v) is 4.03. The number of hydrogen-bond donors (Lipinski definition) is 1. The fourth-order valence-electron chi connectivity index (χ4n) is 2.13. The van der Waals surface area contributed by atoms with E-state index in [-0.39, 0.29) is 5.91 Å². The average Bonchev–Trinajstić information content (AvgIpc) is 2.99. The fourth-order valence-corrected chi connectivity index (χ4v) is 2.72. The molecule has 0 bridgehead atoms. The average molecular weight is 324 g/mol. The van der Waals surface area contributed by atoms with Crippen molar-refractivity contribution in [2.45, 2.75) is 13.5 Å². The molecule has 0 fully saturated rings. The van der Waals surface area contributed by atoms with E-state index in [4.69, 9.17) is 4.74 Å². The van der Waals surface area contributed by atoms with Gasteiger partial charge in [0, 0.05) is 11.1 Å². The zero-order valence-electron chi connectivity index (χ0n) is 12.7. The molecule has 23 heavy (non-hydrogen) atoms. The molecule has 1 aromatic heterocycles. The van der Waals surface area contributed by atoms with Crippen molar-refractivity contribution in [1.82, 2.24) is 4.98 Å². The maximum atomic E-state index is 12.4. The lowest BCUT2D eigenvalue weighted by Crippen LogP contribution is -2.13. The van der Waals surface area contributed by atoms with Crippen molar-refractivity contribution in [3.63, 3.8) is 0 Å². The number of nitrogens with one attached hydrogen (secondary N) is 1. The van der Waals surface area contributed by atoms with Crippen LogP contribution < -0.4 is 10.1 Å². The van der Waals surface area contributed by atoms with Crippen LogP contribution in [0.15, 0.2) is 60.0 Å². The topological polar surface area (TPSA) is 51.2 Å². The van der Waals surface area contributed by atoms with Crippen LogP contribution in [-0.2, 0) is 6.61 Å². The summed E-state index contributed by atoms with van der Waals surface area (Å²) in [4.78, 5) is 16.8. The Balaban J connectivity index is 1.73. The van der Waals surface area contributed by atoms with Gasteiger partial charge in [0.05, 0.1) is 16.3 Å². The Labute approximate surface area is 138 Å². The van der Waals surface area contributed by atoms with Crippen LogP contribution in [0.3, 0.4) is 0 Å². The highest BCUT2D eigenvalue weighted by Gasteiger charge is 2.12. The van der Waals surface area contributed by atoms with Crippen molar-refractivity contribution in [1.29, 1.82) is 0 Å². The summed E-state index contributed by atoms with van der Waals surface area (Å²) in [7, 11) is 0. The number of benzene rings is 2. The van der Waals surface area contributed by atoms with Gasteiger partial charge >= 0.3 is 0 Å². The zero-order valence-corrected chi connectivity index (χ0v) is 13.5. The highest BCUT2D eigenvalue weighted by atomic mass is 32.1. The molecule has 1 heterocycles. The van der Waals surface area contributed by atoms with E-state index in [0.29, 0.717) is 17.9 Å². The first-order valence-corrected chi connectivity index (χ1v) is 8.09. The van der Waals surface area contributed by atoms with E-state index in [1.165, 1.54) is 0 Å². The SMILES string of the molecule is Cc1nc(COc2ccccc2C(=O)Nc2ccccc2)cs1. The maximum absolute atomic E-state index is 12.4. The van der Waals surface area contributed by atoms with Crippen LogP contribution in [0.2, 0.25) is 0 Å². The lowest BCUT2D eigenvalue weighted by atomic mass is 10.2. The minimum Gasteiger partial charge on any atom is -0.486 e. The first kappa shape index (κ1) is 15.2. The predicted molar refractivity (Wildman–Crippen MR) is 92.0 cm³/mol. The number of para-hydroxylation sites is 2. The maximum Gasteiger partial charge on any atom is 0.259 e. The lowest BCUT2D eigenvalue weighted by Gasteiger charge is -2.11. The molecule has 0 saturated carbocycles. The van der Waals surface area contributed by atoms with Gasteiger partial charge in [0.2, 0.25) is 0 Å². The molecule has 5 heteroatoms. The fraction of sp³-hybridized carbons (Fsp3) is 0.111. The number of amides is 1. The molecule has 0 unspecified atom stereocenters. The van der Waals surface area contributed by atoms with E-state index in [2.05, 4.69) is 10.3 Å². The summed E-state index contributed by atoms with van der Waals surface area (Å²) in [6, 6.07) is 16.6. The Hall–Kier alpha value is -2.66. The van der Waals surface area contributed by atoms with Crippen LogP contribution in [-0.4, -0.2) is 10.9 Å². The van der Waals surface area contributed by atoms with Crippen LogP contribution in [0.1, 0.15) is 21.1 Å². The van der Waals surface area contributed by atoms with Gasteiger partial charge in [-0.1, -0.05) is 30.3 Å². The molecule has 1 N–H and O–H groups in total. The van der Waals surface area contributed by atoms with Gasteiger partial charge in [0.25, 0.3) is 5.91 Å². The summed E-state index contributed by atoms with van der Waals surface area (Å²) in [5, 5.41) is 5.83. The highest BCUT2D eigenvalue weighted by Crippen LogP contribution is 2.21. The first-order chi connectivity index (χ1) is 11.2. The third-order valence-electron chi connectivity index (χ3n) is 3.21. The molecule has 2 aromatic carbocycles. The minimum atomic E-state index is -0.193. The summed E-state index contributed by atoms with van der Waals surface area (Å²) >= 11 is 1.58. The quantitative estimate of drug-likeness (QED) is 0.762. The van der Waals surface area contributed by atoms with Crippen molar-refractivity contribution < 1.29 is 9.53 Å². The molecule has 116 valence electrons. The van der Waals surface area contributed by atoms with Crippen LogP contribution in [0.4, 0.5) is 5.69 Å². The van der Waals surface area contributed by atoms with Gasteiger partial charge in [0.15, 0.2) is 0 Å². The number of thiazole rings is 1. The third kappa shape index (κ3) is 3.96. The Bertz CT molecular complexity index is 800. The van der Waals surface area contributed by atoms with E-state index in [0.717, 1.165) is 16.4 Å². The lowest BCUT2D eigenvalue weighted by molar-refractivity contribution is 0.102. The van der Waals surface area contributed by atoms with Gasteiger partial charge in [-0.3, -0.25) is 4.79 Å². The molecule has 4 nitrogen and oxygen atoms in total. The highest BCUT2D eigenvalue weighted by molar-refractivity contribution is 7.09. The van der Waals surface area contributed by atoms with Crippen molar-refractivity contribution in [2.75, 3.05) is 5.32 Å². The van der Waals surface area contributed by atoms with Crippen molar-refractivity contribution in [3.8, 4) is 5.75 Å². The van der Waals surface area contributed by atoms with E-state index < -0.39 is 0 Å². The van der Waals surface area contributed by atoms with Crippen LogP contribution >= 0.6 is 11.3 Å². The summed E-state index contributed by atoms with van der Waals surface area (Å²) < 4.78 is 5.78. The molecule has 0 saturated heterocycles. The number of aryl methyl sites for hydroxylation is 1. The first-order valence-electron chi connectivity index (χ1n) is 7.21. The number of ether oxygens (including phenoxy) is 1. The number of anilines is 1. The van der Waals surface area contributed by atoms with Crippen molar-refractivity contribution in [2.24, 2.45) is 0 Å². The van der Waals surface area contributed by atoms with Gasteiger partial charge < -0.3 is 10.1 Å². The normalized spacial score (nSPS) is 10.3. The van der Waals surface area contributed by atoms with Crippen LogP contribution in [0.25, 0.3) is 0 Å².